The summed E-state index contributed by atoms with van der Waals surface area (Å²) >= 11 is 5.11. The third-order valence-corrected chi connectivity index (χ3v) is 2.41. The minimum atomic E-state index is 0.534. The number of benzene rings is 1. The average Bonchev–Trinajstić information content (AvgIpc) is 2.83. The molecule has 0 radical (unpaired) electrons. The van der Waals surface area contributed by atoms with Gasteiger partial charge in [-0.3, -0.25) is 5.43 Å². The van der Waals surface area contributed by atoms with Gasteiger partial charge in [0.15, 0.2) is 5.11 Å². The van der Waals surface area contributed by atoms with E-state index < -0.39 is 0 Å². The highest BCUT2D eigenvalue weighted by molar-refractivity contribution is 7.80. The standard InChI is InChI=1S/C11H13N5S/c17-11(15-16-9-12-8-14-16)13-7-6-10-4-2-1-3-5-10/h1-5,8-9H,6-7H2,(H2,13,15,17). The molecule has 0 spiro atoms. The summed E-state index contributed by atoms with van der Waals surface area (Å²) in [6.07, 6.45) is 3.92. The quantitative estimate of drug-likeness (QED) is 0.788. The molecular formula is C11H13N5S. The van der Waals surface area contributed by atoms with Crippen LogP contribution in [0.3, 0.4) is 0 Å². The fourth-order valence-electron chi connectivity index (χ4n) is 1.37. The Morgan fingerprint density at radius 2 is 2.12 bits per heavy atom. The number of nitrogens with one attached hydrogen (secondary N) is 2. The predicted molar refractivity (Wildman–Crippen MR) is 70.1 cm³/mol. The molecule has 2 N–H and O–H groups in total. The lowest BCUT2D eigenvalue weighted by Crippen LogP contribution is -2.35. The van der Waals surface area contributed by atoms with Crippen LogP contribution >= 0.6 is 12.2 Å². The molecule has 6 heteroatoms. The summed E-state index contributed by atoms with van der Waals surface area (Å²) in [6, 6.07) is 10.3. The molecule has 0 saturated heterocycles. The van der Waals surface area contributed by atoms with E-state index in [4.69, 9.17) is 12.2 Å². The van der Waals surface area contributed by atoms with Crippen LogP contribution in [0.5, 0.6) is 0 Å². The van der Waals surface area contributed by atoms with E-state index >= 15 is 0 Å². The molecule has 0 fully saturated rings. The summed E-state index contributed by atoms with van der Waals surface area (Å²) in [4.78, 5) is 5.26. The van der Waals surface area contributed by atoms with E-state index in [1.54, 1.807) is 6.33 Å². The van der Waals surface area contributed by atoms with Crippen LogP contribution in [-0.4, -0.2) is 26.5 Å². The molecule has 2 aromatic rings. The van der Waals surface area contributed by atoms with Gasteiger partial charge < -0.3 is 5.32 Å². The normalized spacial score (nSPS) is 9.88. The second-order valence-corrected chi connectivity index (χ2v) is 3.85. The Morgan fingerprint density at radius 3 is 2.82 bits per heavy atom. The molecule has 1 aromatic carbocycles. The summed E-state index contributed by atoms with van der Waals surface area (Å²) in [5.41, 5.74) is 4.15. The zero-order valence-corrected chi connectivity index (χ0v) is 10.0. The number of hydrogen-bond donors (Lipinski definition) is 2. The molecule has 0 unspecified atom stereocenters. The molecule has 5 nitrogen and oxygen atoms in total. The van der Waals surface area contributed by atoms with Crippen molar-refractivity contribution in [3.8, 4) is 0 Å². The third-order valence-electron chi connectivity index (χ3n) is 2.18. The Kier molecular flexibility index (Phi) is 4.04. The van der Waals surface area contributed by atoms with Gasteiger partial charge in [-0.1, -0.05) is 30.3 Å². The fraction of sp³-hybridized carbons (Fsp3) is 0.182. The summed E-state index contributed by atoms with van der Waals surface area (Å²) in [5.74, 6) is 0. The second-order valence-electron chi connectivity index (χ2n) is 3.44. The lowest BCUT2D eigenvalue weighted by molar-refractivity contribution is 0.789. The monoisotopic (exact) mass is 247 g/mol. The minimum Gasteiger partial charge on any atom is -0.361 e. The highest BCUT2D eigenvalue weighted by Crippen LogP contribution is 1.97. The molecule has 1 aromatic heterocycles. The van der Waals surface area contributed by atoms with Crippen LogP contribution in [0, 0.1) is 0 Å². The van der Waals surface area contributed by atoms with Crippen LogP contribution in [0.15, 0.2) is 43.0 Å². The largest absolute Gasteiger partial charge is 0.361 e. The molecule has 0 amide bonds. The molecule has 0 atom stereocenters. The van der Waals surface area contributed by atoms with Gasteiger partial charge in [0.1, 0.15) is 12.7 Å². The fourth-order valence-corrected chi connectivity index (χ4v) is 1.57. The molecule has 88 valence electrons. The molecule has 0 aliphatic heterocycles. The van der Waals surface area contributed by atoms with Crippen LogP contribution in [-0.2, 0) is 6.42 Å². The number of hydrogen-bond acceptors (Lipinski definition) is 3. The maximum Gasteiger partial charge on any atom is 0.187 e. The van der Waals surface area contributed by atoms with Crippen LogP contribution in [0.4, 0.5) is 0 Å². The second kappa shape index (κ2) is 5.95. The van der Waals surface area contributed by atoms with E-state index in [1.165, 1.54) is 16.7 Å². The maximum atomic E-state index is 5.11. The van der Waals surface area contributed by atoms with E-state index in [9.17, 15) is 0 Å². The summed E-state index contributed by atoms with van der Waals surface area (Å²) in [5, 5.41) is 7.52. The first kappa shape index (κ1) is 11.5. The molecular weight excluding hydrogens is 234 g/mol. The van der Waals surface area contributed by atoms with Crippen molar-refractivity contribution < 1.29 is 0 Å². The van der Waals surface area contributed by atoms with Gasteiger partial charge in [-0.2, -0.15) is 4.79 Å². The minimum absolute atomic E-state index is 0.534. The first-order valence-electron chi connectivity index (χ1n) is 5.28. The number of aromatic nitrogens is 3. The lowest BCUT2D eigenvalue weighted by atomic mass is 10.1. The zero-order valence-electron chi connectivity index (χ0n) is 9.21. The molecule has 0 aliphatic carbocycles. The van der Waals surface area contributed by atoms with Gasteiger partial charge in [-0.25, -0.2) is 4.98 Å². The van der Waals surface area contributed by atoms with Crippen molar-refractivity contribution >= 4 is 17.3 Å². The topological polar surface area (TPSA) is 54.8 Å². The summed E-state index contributed by atoms with van der Waals surface area (Å²) in [6.45, 7) is 0.782. The predicted octanol–water partition coefficient (Wildman–Crippen LogP) is 0.939. The van der Waals surface area contributed by atoms with Crippen LogP contribution in [0.1, 0.15) is 5.56 Å². The van der Waals surface area contributed by atoms with Gasteiger partial charge in [0.05, 0.1) is 0 Å². The summed E-state index contributed by atoms with van der Waals surface area (Å²) in [7, 11) is 0. The molecule has 1 heterocycles. The Labute approximate surface area is 105 Å². The summed E-state index contributed by atoms with van der Waals surface area (Å²) < 4.78 is 0. The van der Waals surface area contributed by atoms with E-state index in [1.807, 2.05) is 18.2 Å². The Bertz CT molecular complexity index is 454. The van der Waals surface area contributed by atoms with E-state index in [2.05, 4.69) is 33.0 Å². The van der Waals surface area contributed by atoms with Gasteiger partial charge in [0, 0.05) is 6.54 Å². The first-order chi connectivity index (χ1) is 8.34. The number of thiocarbonyl (C=S) groups is 1. The SMILES string of the molecule is S=C(NCCc1ccccc1)Nn1cncn1. The van der Waals surface area contributed by atoms with Crippen molar-refractivity contribution in [1.29, 1.82) is 0 Å². The van der Waals surface area contributed by atoms with Crippen molar-refractivity contribution in [2.75, 3.05) is 12.0 Å². The van der Waals surface area contributed by atoms with E-state index in [-0.39, 0.29) is 0 Å². The van der Waals surface area contributed by atoms with Gasteiger partial charge in [0.25, 0.3) is 0 Å². The maximum absolute atomic E-state index is 5.11. The lowest BCUT2D eigenvalue weighted by Gasteiger charge is -2.09. The van der Waals surface area contributed by atoms with Crippen LogP contribution < -0.4 is 10.7 Å². The average molecular weight is 247 g/mol. The smallest absolute Gasteiger partial charge is 0.187 e. The number of nitrogens with zero attached hydrogens (tertiary/aromatic N) is 3. The van der Waals surface area contributed by atoms with Gasteiger partial charge >= 0.3 is 0 Å². The Morgan fingerprint density at radius 1 is 1.29 bits per heavy atom. The molecule has 0 bridgehead atoms. The molecule has 17 heavy (non-hydrogen) atoms. The van der Waals surface area contributed by atoms with Crippen molar-refractivity contribution in [1.82, 2.24) is 20.2 Å². The third kappa shape index (κ3) is 3.84. The van der Waals surface area contributed by atoms with E-state index in [0.717, 1.165) is 13.0 Å². The van der Waals surface area contributed by atoms with Crippen molar-refractivity contribution in [3.05, 3.63) is 48.5 Å². The highest BCUT2D eigenvalue weighted by Gasteiger charge is 1.96. The zero-order chi connectivity index (χ0) is 11.9. The van der Waals surface area contributed by atoms with Gasteiger partial charge in [0.2, 0.25) is 0 Å². The molecule has 0 aliphatic rings. The Hall–Kier alpha value is -1.95. The van der Waals surface area contributed by atoms with Crippen molar-refractivity contribution in [3.63, 3.8) is 0 Å². The Balaban J connectivity index is 1.70. The molecule has 0 saturated carbocycles. The highest BCUT2D eigenvalue weighted by atomic mass is 32.1. The molecule has 2 rings (SSSR count). The van der Waals surface area contributed by atoms with Crippen molar-refractivity contribution in [2.45, 2.75) is 6.42 Å². The van der Waals surface area contributed by atoms with E-state index in [0.29, 0.717) is 5.11 Å². The van der Waals surface area contributed by atoms with Crippen LogP contribution in [0.2, 0.25) is 0 Å². The van der Waals surface area contributed by atoms with Gasteiger partial charge in [-0.05, 0) is 24.2 Å². The van der Waals surface area contributed by atoms with Gasteiger partial charge in [-0.15, -0.1) is 5.10 Å². The van der Waals surface area contributed by atoms with Crippen LogP contribution in [0.25, 0.3) is 0 Å². The van der Waals surface area contributed by atoms with Crippen molar-refractivity contribution in [2.24, 2.45) is 0 Å². The number of rotatable bonds is 4. The first-order valence-corrected chi connectivity index (χ1v) is 5.69.